The second-order valence-corrected chi connectivity index (χ2v) is 7.23. The van der Waals surface area contributed by atoms with Crippen molar-refractivity contribution in [1.82, 2.24) is 5.32 Å². The summed E-state index contributed by atoms with van der Waals surface area (Å²) in [7, 11) is 0. The molecular formula is C18H28BrNO. The lowest BCUT2D eigenvalue weighted by molar-refractivity contribution is 0.128. The first-order valence-corrected chi connectivity index (χ1v) is 9.09. The molecule has 3 unspecified atom stereocenters. The summed E-state index contributed by atoms with van der Waals surface area (Å²) < 4.78 is 7.28. The fraction of sp³-hybridized carbons (Fsp3) is 0.667. The summed E-state index contributed by atoms with van der Waals surface area (Å²) in [6.45, 7) is 7.78. The van der Waals surface area contributed by atoms with Crippen LogP contribution >= 0.6 is 15.9 Å². The predicted molar refractivity (Wildman–Crippen MR) is 92.9 cm³/mol. The Balaban J connectivity index is 1.98. The van der Waals surface area contributed by atoms with E-state index in [-0.39, 0.29) is 0 Å². The number of halogens is 1. The van der Waals surface area contributed by atoms with Gasteiger partial charge in [-0.05, 0) is 78.7 Å². The predicted octanol–water partition coefficient (Wildman–Crippen LogP) is 5.47. The Bertz CT molecular complexity index is 449. The molecule has 0 radical (unpaired) electrons. The average molecular weight is 354 g/mol. The third-order valence-corrected chi connectivity index (χ3v) is 4.96. The van der Waals surface area contributed by atoms with Crippen LogP contribution in [0.1, 0.15) is 64.5 Å². The molecule has 0 bridgehead atoms. The maximum Gasteiger partial charge on any atom is 0.133 e. The van der Waals surface area contributed by atoms with Crippen molar-refractivity contribution in [2.24, 2.45) is 5.92 Å². The quantitative estimate of drug-likeness (QED) is 0.732. The third-order valence-electron chi connectivity index (χ3n) is 4.34. The lowest BCUT2D eigenvalue weighted by atomic mass is 9.89. The standard InChI is InChI=1S/C18H28BrNO/c1-4-10-20-14(3)15-8-9-18(17(19)12-15)21-16-7-5-6-13(2)11-16/h8-9,12-14,16,20H,4-7,10-11H2,1-3H3. The smallest absolute Gasteiger partial charge is 0.133 e. The molecule has 1 fully saturated rings. The normalized spacial score (nSPS) is 23.8. The van der Waals surface area contributed by atoms with Crippen molar-refractivity contribution in [2.45, 2.75) is 65.0 Å². The van der Waals surface area contributed by atoms with Crippen LogP contribution in [0.4, 0.5) is 0 Å². The van der Waals surface area contributed by atoms with Gasteiger partial charge in [-0.25, -0.2) is 0 Å². The van der Waals surface area contributed by atoms with Gasteiger partial charge in [0.1, 0.15) is 5.75 Å². The molecule has 21 heavy (non-hydrogen) atoms. The fourth-order valence-electron chi connectivity index (χ4n) is 3.03. The summed E-state index contributed by atoms with van der Waals surface area (Å²) in [5.74, 6) is 1.78. The van der Waals surface area contributed by atoms with Crippen molar-refractivity contribution in [3.8, 4) is 5.75 Å². The van der Waals surface area contributed by atoms with Gasteiger partial charge in [0.05, 0.1) is 10.6 Å². The summed E-state index contributed by atoms with van der Waals surface area (Å²) in [5, 5.41) is 3.52. The van der Waals surface area contributed by atoms with Gasteiger partial charge >= 0.3 is 0 Å². The molecule has 1 aliphatic carbocycles. The topological polar surface area (TPSA) is 21.3 Å². The Labute approximate surface area is 137 Å². The number of hydrogen-bond acceptors (Lipinski definition) is 2. The largest absolute Gasteiger partial charge is 0.489 e. The first kappa shape index (κ1) is 16.8. The van der Waals surface area contributed by atoms with E-state index in [2.05, 4.69) is 60.2 Å². The van der Waals surface area contributed by atoms with Crippen LogP contribution in [0.3, 0.4) is 0 Å². The van der Waals surface area contributed by atoms with Gasteiger partial charge in [0, 0.05) is 6.04 Å². The molecule has 0 heterocycles. The molecule has 1 saturated carbocycles. The second kappa shape index (κ2) is 8.19. The molecule has 0 saturated heterocycles. The minimum atomic E-state index is 0.380. The molecule has 0 spiro atoms. The minimum absolute atomic E-state index is 0.380. The first-order valence-electron chi connectivity index (χ1n) is 8.29. The maximum atomic E-state index is 6.21. The number of ether oxygens (including phenoxy) is 1. The Morgan fingerprint density at radius 2 is 2.19 bits per heavy atom. The van der Waals surface area contributed by atoms with Crippen LogP contribution in [-0.4, -0.2) is 12.6 Å². The zero-order valence-corrected chi connectivity index (χ0v) is 15.1. The van der Waals surface area contributed by atoms with Crippen molar-refractivity contribution in [3.05, 3.63) is 28.2 Å². The molecule has 3 atom stereocenters. The van der Waals surface area contributed by atoms with Gasteiger partial charge in [-0.1, -0.05) is 26.3 Å². The molecule has 0 aliphatic heterocycles. The van der Waals surface area contributed by atoms with E-state index in [0.717, 1.165) is 29.1 Å². The zero-order valence-electron chi connectivity index (χ0n) is 13.5. The van der Waals surface area contributed by atoms with E-state index >= 15 is 0 Å². The van der Waals surface area contributed by atoms with Gasteiger partial charge in [0.15, 0.2) is 0 Å². The molecular weight excluding hydrogens is 326 g/mol. The van der Waals surface area contributed by atoms with E-state index in [1.165, 1.54) is 31.2 Å². The van der Waals surface area contributed by atoms with Crippen LogP contribution in [0.15, 0.2) is 22.7 Å². The van der Waals surface area contributed by atoms with Crippen LogP contribution in [0, 0.1) is 5.92 Å². The van der Waals surface area contributed by atoms with Gasteiger partial charge in [0.2, 0.25) is 0 Å². The molecule has 1 N–H and O–H groups in total. The lowest BCUT2D eigenvalue weighted by Gasteiger charge is -2.28. The molecule has 1 aromatic rings. The maximum absolute atomic E-state index is 6.21. The molecule has 2 nitrogen and oxygen atoms in total. The summed E-state index contributed by atoms with van der Waals surface area (Å²) in [6, 6.07) is 6.86. The minimum Gasteiger partial charge on any atom is -0.489 e. The van der Waals surface area contributed by atoms with Crippen LogP contribution in [0.25, 0.3) is 0 Å². The van der Waals surface area contributed by atoms with Gasteiger partial charge in [-0.2, -0.15) is 0 Å². The van der Waals surface area contributed by atoms with Crippen molar-refractivity contribution < 1.29 is 4.74 Å². The van der Waals surface area contributed by atoms with Crippen LogP contribution in [0.5, 0.6) is 5.75 Å². The summed E-state index contributed by atoms with van der Waals surface area (Å²) >= 11 is 3.67. The fourth-order valence-corrected chi connectivity index (χ4v) is 3.52. The van der Waals surface area contributed by atoms with E-state index in [4.69, 9.17) is 4.74 Å². The molecule has 1 aliphatic rings. The number of benzene rings is 1. The monoisotopic (exact) mass is 353 g/mol. The average Bonchev–Trinajstić information content (AvgIpc) is 2.47. The van der Waals surface area contributed by atoms with Gasteiger partial charge in [-0.15, -0.1) is 0 Å². The Morgan fingerprint density at radius 1 is 1.38 bits per heavy atom. The number of rotatable bonds is 6. The van der Waals surface area contributed by atoms with E-state index in [0.29, 0.717) is 12.1 Å². The second-order valence-electron chi connectivity index (χ2n) is 6.38. The Hall–Kier alpha value is -0.540. The van der Waals surface area contributed by atoms with Gasteiger partial charge in [0.25, 0.3) is 0 Å². The molecule has 0 amide bonds. The SMILES string of the molecule is CCCNC(C)c1ccc(OC2CCCC(C)C2)c(Br)c1. The molecule has 3 heteroatoms. The highest BCUT2D eigenvalue weighted by atomic mass is 79.9. The zero-order chi connectivity index (χ0) is 15.2. The first-order chi connectivity index (χ1) is 10.1. The van der Waals surface area contributed by atoms with E-state index in [9.17, 15) is 0 Å². The van der Waals surface area contributed by atoms with Crippen molar-refractivity contribution in [1.29, 1.82) is 0 Å². The van der Waals surface area contributed by atoms with Gasteiger partial charge < -0.3 is 10.1 Å². The van der Waals surface area contributed by atoms with Crippen LogP contribution in [-0.2, 0) is 0 Å². The van der Waals surface area contributed by atoms with Gasteiger partial charge in [-0.3, -0.25) is 0 Å². The number of nitrogens with one attached hydrogen (secondary N) is 1. The van der Waals surface area contributed by atoms with Crippen molar-refractivity contribution >= 4 is 15.9 Å². The highest BCUT2D eigenvalue weighted by Gasteiger charge is 2.21. The van der Waals surface area contributed by atoms with Crippen LogP contribution in [0.2, 0.25) is 0 Å². The Morgan fingerprint density at radius 3 is 2.86 bits per heavy atom. The highest BCUT2D eigenvalue weighted by molar-refractivity contribution is 9.10. The third kappa shape index (κ3) is 5.00. The Kier molecular flexibility index (Phi) is 6.56. The van der Waals surface area contributed by atoms with Crippen molar-refractivity contribution in [2.75, 3.05) is 6.54 Å². The highest BCUT2D eigenvalue weighted by Crippen LogP contribution is 2.33. The van der Waals surface area contributed by atoms with Crippen LogP contribution < -0.4 is 10.1 Å². The van der Waals surface area contributed by atoms with E-state index in [1.54, 1.807) is 0 Å². The molecule has 0 aromatic heterocycles. The molecule has 1 aromatic carbocycles. The lowest BCUT2D eigenvalue weighted by Crippen LogP contribution is -2.24. The summed E-state index contributed by atoms with van der Waals surface area (Å²) in [4.78, 5) is 0. The summed E-state index contributed by atoms with van der Waals surface area (Å²) in [5.41, 5.74) is 1.31. The summed E-state index contributed by atoms with van der Waals surface area (Å²) in [6.07, 6.45) is 6.55. The van der Waals surface area contributed by atoms with E-state index in [1.807, 2.05) is 0 Å². The van der Waals surface area contributed by atoms with E-state index < -0.39 is 0 Å². The molecule has 118 valence electrons. The van der Waals surface area contributed by atoms with Crippen molar-refractivity contribution in [3.63, 3.8) is 0 Å². The number of hydrogen-bond donors (Lipinski definition) is 1. The molecule has 2 rings (SSSR count).